The molecular weight excluding hydrogens is 679 g/mol. The number of benzene rings is 3. The van der Waals surface area contributed by atoms with Crippen LogP contribution >= 0.6 is 58.0 Å². The number of carbonyl (C=O) groups is 3. The predicted molar refractivity (Wildman–Crippen MR) is 158 cm³/mol. The van der Waals surface area contributed by atoms with E-state index in [2.05, 4.69) is 15.4 Å². The average Bonchev–Trinajstić information content (AvgIpc) is 3.50. The summed E-state index contributed by atoms with van der Waals surface area (Å²) in [6.07, 6.45) is -5.38. The van der Waals surface area contributed by atoms with E-state index in [-0.39, 0.29) is 27.5 Å². The number of carbonyl (C=O) groups excluding carboxylic acids is 3. The second kappa shape index (κ2) is 12.0. The van der Waals surface area contributed by atoms with Crippen LogP contribution in [0, 0.1) is 12.8 Å². The number of rotatable bonds is 7. The maximum Gasteiger partial charge on any atom is 0.432 e. The Morgan fingerprint density at radius 1 is 0.930 bits per heavy atom. The molecule has 0 heterocycles. The summed E-state index contributed by atoms with van der Waals surface area (Å²) < 4.78 is 43.5. The average molecular weight is 699 g/mol. The van der Waals surface area contributed by atoms with Gasteiger partial charge in [0.05, 0.1) is 23.6 Å². The maximum absolute atomic E-state index is 13.6. The van der Waals surface area contributed by atoms with Gasteiger partial charge < -0.3 is 20.5 Å². The Morgan fingerprint density at radius 2 is 1.56 bits per heavy atom. The first-order valence-electron chi connectivity index (χ1n) is 12.2. The van der Waals surface area contributed by atoms with E-state index < -0.39 is 51.3 Å². The molecule has 1 fully saturated rings. The van der Waals surface area contributed by atoms with Gasteiger partial charge in [-0.05, 0) is 60.5 Å². The molecule has 1 saturated carbocycles. The van der Waals surface area contributed by atoms with Crippen molar-refractivity contribution in [3.8, 4) is 0 Å². The van der Waals surface area contributed by atoms with Crippen LogP contribution in [0.5, 0.6) is 0 Å². The predicted octanol–water partition coefficient (Wildman–Crippen LogP) is 7.66. The normalized spacial score (nSPS) is 18.8. The number of alkyl halides is 5. The summed E-state index contributed by atoms with van der Waals surface area (Å²) in [5.41, 5.74) is -3.92. The van der Waals surface area contributed by atoms with Crippen LogP contribution < -0.4 is 10.6 Å². The molecule has 3 aromatic rings. The lowest BCUT2D eigenvalue weighted by molar-refractivity contribution is -0.266. The van der Waals surface area contributed by atoms with E-state index in [9.17, 15) is 32.7 Å². The second-order valence-electron chi connectivity index (χ2n) is 9.70. The van der Waals surface area contributed by atoms with Crippen molar-refractivity contribution in [2.24, 2.45) is 5.92 Å². The van der Waals surface area contributed by atoms with Gasteiger partial charge in [-0.25, -0.2) is 4.79 Å². The molecule has 0 saturated heterocycles. The maximum atomic E-state index is 13.6. The molecule has 7 nitrogen and oxygen atoms in total. The highest BCUT2D eigenvalue weighted by Crippen LogP contribution is 2.65. The van der Waals surface area contributed by atoms with Gasteiger partial charge in [0.25, 0.3) is 11.5 Å². The van der Waals surface area contributed by atoms with Crippen LogP contribution in [-0.4, -0.2) is 40.5 Å². The van der Waals surface area contributed by atoms with Gasteiger partial charge in [0.1, 0.15) is 4.33 Å². The van der Waals surface area contributed by atoms with Crippen molar-refractivity contribution >= 4 is 87.2 Å². The Hall–Kier alpha value is -2.73. The fourth-order valence-electron chi connectivity index (χ4n) is 4.58. The molecule has 4 rings (SSSR count). The summed E-state index contributed by atoms with van der Waals surface area (Å²) in [4.78, 5) is 38.0. The fraction of sp³-hybridized carbons (Fsp3) is 0.250. The number of aliphatic hydroxyl groups is 1. The number of ether oxygens (including phenoxy) is 1. The molecule has 0 aromatic heterocycles. The van der Waals surface area contributed by atoms with Gasteiger partial charge in [0.2, 0.25) is 5.91 Å². The molecule has 0 radical (unpaired) electrons. The van der Waals surface area contributed by atoms with Crippen molar-refractivity contribution in [3.05, 3.63) is 91.9 Å². The number of halogens is 8. The molecule has 1 aliphatic rings. The molecule has 0 spiro atoms. The molecule has 228 valence electrons. The third kappa shape index (κ3) is 6.41. The third-order valence-electron chi connectivity index (χ3n) is 6.84. The van der Waals surface area contributed by atoms with Crippen LogP contribution in [0.15, 0.2) is 54.6 Å². The molecule has 15 heteroatoms. The number of hydrogen-bond donors (Lipinski definition) is 3. The molecular formula is C28H20Cl5F3N2O5. The van der Waals surface area contributed by atoms with E-state index in [1.807, 2.05) is 0 Å². The van der Waals surface area contributed by atoms with E-state index in [0.717, 1.165) is 18.2 Å². The molecule has 0 bridgehead atoms. The molecule has 43 heavy (non-hydrogen) atoms. The minimum atomic E-state index is -5.38. The van der Waals surface area contributed by atoms with Crippen LogP contribution in [0.25, 0.3) is 0 Å². The molecule has 3 N–H and O–H groups in total. The lowest BCUT2D eigenvalue weighted by atomic mass is 9.91. The SMILES string of the molecule is COC(=O)C(O)(c1ccc(NC(=O)c2cc(NC(=O)[C@H]3[C@H](c4cc(Cl)cc(Cl)c4)C3(Cl)Cl)ccc2Cl)c(C)c1)C(F)(F)F. The van der Waals surface area contributed by atoms with Crippen molar-refractivity contribution in [3.63, 3.8) is 0 Å². The van der Waals surface area contributed by atoms with Crippen molar-refractivity contribution < 1.29 is 37.4 Å². The van der Waals surface area contributed by atoms with Crippen molar-refractivity contribution in [1.29, 1.82) is 0 Å². The smallest absolute Gasteiger partial charge is 0.432 e. The Labute approximate surface area is 268 Å². The van der Waals surface area contributed by atoms with Gasteiger partial charge in [0, 0.05) is 32.9 Å². The van der Waals surface area contributed by atoms with E-state index >= 15 is 0 Å². The molecule has 3 atom stereocenters. The van der Waals surface area contributed by atoms with Crippen molar-refractivity contribution in [2.45, 2.75) is 29.0 Å². The molecule has 1 unspecified atom stereocenters. The standard InChI is InChI=1S/C28H20Cl5F3N2O5/c1-12-7-14(26(42,25(41)43-2)28(34,35)36)3-6-20(12)38-23(39)18-11-17(4-5-19(18)31)37-24(40)22-21(27(22,32)33)13-8-15(29)10-16(30)9-13/h3-11,21-22,42H,1-2H3,(H,37,40)(H,38,39)/t21-,22+,26?/m0/s1. The molecule has 2 amide bonds. The first-order chi connectivity index (χ1) is 19.9. The van der Waals surface area contributed by atoms with Crippen LogP contribution in [0.3, 0.4) is 0 Å². The zero-order valence-electron chi connectivity index (χ0n) is 22.0. The van der Waals surface area contributed by atoms with Crippen LogP contribution in [0.2, 0.25) is 15.1 Å². The van der Waals surface area contributed by atoms with Gasteiger partial charge in [0.15, 0.2) is 0 Å². The van der Waals surface area contributed by atoms with Gasteiger partial charge in [-0.3, -0.25) is 9.59 Å². The number of aryl methyl sites for hydroxylation is 1. The summed E-state index contributed by atoms with van der Waals surface area (Å²) in [6, 6.07) is 11.6. The Balaban J connectivity index is 1.53. The van der Waals surface area contributed by atoms with E-state index in [1.54, 1.807) is 12.1 Å². The summed E-state index contributed by atoms with van der Waals surface area (Å²) in [6.45, 7) is 1.36. The molecule has 1 aliphatic carbocycles. The molecule has 3 aromatic carbocycles. The Kier molecular flexibility index (Phi) is 9.25. The van der Waals surface area contributed by atoms with Crippen molar-refractivity contribution in [1.82, 2.24) is 0 Å². The highest BCUT2D eigenvalue weighted by Gasteiger charge is 2.67. The lowest BCUT2D eigenvalue weighted by Crippen LogP contribution is -2.49. The Bertz CT molecular complexity index is 1610. The van der Waals surface area contributed by atoms with Gasteiger partial charge >= 0.3 is 12.1 Å². The van der Waals surface area contributed by atoms with Crippen LogP contribution in [0.4, 0.5) is 24.5 Å². The Morgan fingerprint density at radius 3 is 2.12 bits per heavy atom. The second-order valence-corrected chi connectivity index (χ2v) is 12.4. The number of esters is 1. The van der Waals surface area contributed by atoms with E-state index in [4.69, 9.17) is 58.0 Å². The minimum Gasteiger partial charge on any atom is -0.466 e. The third-order valence-corrected chi connectivity index (χ3v) is 8.55. The zero-order chi connectivity index (χ0) is 32.1. The number of anilines is 2. The largest absolute Gasteiger partial charge is 0.466 e. The topological polar surface area (TPSA) is 105 Å². The highest BCUT2D eigenvalue weighted by molar-refractivity contribution is 6.53. The monoisotopic (exact) mass is 696 g/mol. The summed E-state index contributed by atoms with van der Waals surface area (Å²) >= 11 is 31.2. The van der Waals surface area contributed by atoms with E-state index in [0.29, 0.717) is 22.7 Å². The van der Waals surface area contributed by atoms with Crippen LogP contribution in [0.1, 0.15) is 33.0 Å². The lowest BCUT2D eigenvalue weighted by Gasteiger charge is -2.28. The molecule has 0 aliphatic heterocycles. The number of methoxy groups -OCH3 is 1. The zero-order valence-corrected chi connectivity index (χ0v) is 25.7. The van der Waals surface area contributed by atoms with Gasteiger partial charge in [-0.1, -0.05) is 46.9 Å². The minimum absolute atomic E-state index is 0.00353. The fourth-order valence-corrected chi connectivity index (χ4v) is 6.16. The first kappa shape index (κ1) is 33.2. The van der Waals surface area contributed by atoms with Crippen molar-refractivity contribution in [2.75, 3.05) is 17.7 Å². The highest BCUT2D eigenvalue weighted by atomic mass is 35.5. The van der Waals surface area contributed by atoms with Gasteiger partial charge in [-0.15, -0.1) is 23.2 Å². The summed E-state index contributed by atoms with van der Waals surface area (Å²) in [5.74, 6) is -4.72. The van der Waals surface area contributed by atoms with Gasteiger partial charge in [-0.2, -0.15) is 13.2 Å². The summed E-state index contributed by atoms with van der Waals surface area (Å²) in [5, 5.41) is 16.1. The number of amides is 2. The first-order valence-corrected chi connectivity index (χ1v) is 14.0. The number of hydrogen-bond acceptors (Lipinski definition) is 5. The summed E-state index contributed by atoms with van der Waals surface area (Å²) in [7, 11) is 0.709. The van der Waals surface area contributed by atoms with E-state index in [1.165, 1.54) is 31.2 Å². The quantitative estimate of drug-likeness (QED) is 0.174. The van der Waals surface area contributed by atoms with Crippen LogP contribution in [-0.2, 0) is 19.9 Å². The number of nitrogens with one attached hydrogen (secondary N) is 2.